The topological polar surface area (TPSA) is 49.2 Å². The Kier molecular flexibility index (Phi) is 4.99. The first-order valence-electron chi connectivity index (χ1n) is 6.62. The maximum atomic E-state index is 5.46. The van der Waals surface area contributed by atoms with Crippen LogP contribution in [0.4, 0.5) is 0 Å². The Morgan fingerprint density at radius 2 is 1.62 bits per heavy atom. The van der Waals surface area contributed by atoms with Gasteiger partial charge in [0.1, 0.15) is 11.0 Å². The zero-order chi connectivity index (χ0) is 15.8. The minimum Gasteiger partial charge on any atom is -0.492 e. The maximum absolute atomic E-state index is 5.46. The number of fused-ring (bicyclic) bond motifs is 1. The molecule has 2 aromatic rings. The zero-order valence-electron chi connectivity index (χ0n) is 12.8. The Bertz CT molecular complexity index is 668. The predicted molar refractivity (Wildman–Crippen MR) is 94.2 cm³/mol. The van der Waals surface area contributed by atoms with Crippen molar-refractivity contribution in [3.63, 3.8) is 0 Å². The van der Waals surface area contributed by atoms with Gasteiger partial charge in [0.15, 0.2) is 11.5 Å². The lowest BCUT2D eigenvalue weighted by Gasteiger charge is -2.16. The molecule has 0 atom stereocenters. The third-order valence-electron chi connectivity index (χ3n) is 3.24. The minimum absolute atomic E-state index is 0.620. The smallest absolute Gasteiger partial charge is 0.178 e. The van der Waals surface area contributed by atoms with Crippen molar-refractivity contribution >= 4 is 51.0 Å². The SMILES string of the molecule is COc1c(OC)c(Br)c2c(nnn2CC[Si](C)(C)C)c1Br. The Balaban J connectivity index is 2.59. The van der Waals surface area contributed by atoms with Crippen LogP contribution in [0.5, 0.6) is 11.5 Å². The average molecular weight is 437 g/mol. The van der Waals surface area contributed by atoms with Gasteiger partial charge in [0.25, 0.3) is 0 Å². The van der Waals surface area contributed by atoms with Gasteiger partial charge in [-0.2, -0.15) is 0 Å². The van der Waals surface area contributed by atoms with Crippen LogP contribution in [-0.4, -0.2) is 37.3 Å². The van der Waals surface area contributed by atoms with Crippen molar-refractivity contribution in [1.82, 2.24) is 15.0 Å². The number of halogens is 2. The van der Waals surface area contributed by atoms with Gasteiger partial charge in [0.05, 0.1) is 23.2 Å². The number of aryl methyl sites for hydroxylation is 1. The highest BCUT2D eigenvalue weighted by Crippen LogP contribution is 2.46. The van der Waals surface area contributed by atoms with Crippen LogP contribution >= 0.6 is 31.9 Å². The molecule has 0 fully saturated rings. The van der Waals surface area contributed by atoms with E-state index in [0.717, 1.165) is 32.6 Å². The quantitative estimate of drug-likeness (QED) is 0.655. The first kappa shape index (κ1) is 16.8. The van der Waals surface area contributed by atoms with E-state index in [1.165, 1.54) is 0 Å². The van der Waals surface area contributed by atoms with Crippen LogP contribution in [0.15, 0.2) is 8.95 Å². The van der Waals surface area contributed by atoms with Crippen molar-refractivity contribution < 1.29 is 9.47 Å². The Hall–Kier alpha value is -0.603. The number of hydrogen-bond acceptors (Lipinski definition) is 4. The summed E-state index contributed by atoms with van der Waals surface area (Å²) < 4.78 is 14.4. The van der Waals surface area contributed by atoms with Crippen LogP contribution in [-0.2, 0) is 6.54 Å². The van der Waals surface area contributed by atoms with E-state index in [2.05, 4.69) is 61.8 Å². The summed E-state index contributed by atoms with van der Waals surface area (Å²) in [6, 6.07) is 1.14. The summed E-state index contributed by atoms with van der Waals surface area (Å²) >= 11 is 7.14. The summed E-state index contributed by atoms with van der Waals surface area (Å²) in [5.41, 5.74) is 1.70. The molecule has 0 saturated carbocycles. The molecule has 0 radical (unpaired) electrons. The Morgan fingerprint density at radius 3 is 2.14 bits per heavy atom. The van der Waals surface area contributed by atoms with Gasteiger partial charge in [0, 0.05) is 14.6 Å². The van der Waals surface area contributed by atoms with Gasteiger partial charge in [-0.1, -0.05) is 24.9 Å². The van der Waals surface area contributed by atoms with Gasteiger partial charge in [0.2, 0.25) is 0 Å². The van der Waals surface area contributed by atoms with E-state index in [-0.39, 0.29) is 0 Å². The molecule has 0 saturated heterocycles. The van der Waals surface area contributed by atoms with Gasteiger partial charge in [-0.3, -0.25) is 0 Å². The third kappa shape index (κ3) is 3.27. The van der Waals surface area contributed by atoms with Crippen LogP contribution in [0, 0.1) is 0 Å². The molecule has 8 heteroatoms. The molecular formula is C13H19Br2N3O2Si. The van der Waals surface area contributed by atoms with E-state index in [1.54, 1.807) is 14.2 Å². The number of methoxy groups -OCH3 is 2. The highest BCUT2D eigenvalue weighted by Gasteiger charge is 2.23. The van der Waals surface area contributed by atoms with Crippen LogP contribution in [0.3, 0.4) is 0 Å². The Morgan fingerprint density at radius 1 is 1.05 bits per heavy atom. The maximum Gasteiger partial charge on any atom is 0.178 e. The second-order valence-electron chi connectivity index (χ2n) is 6.01. The molecule has 1 aromatic heterocycles. The van der Waals surface area contributed by atoms with E-state index >= 15 is 0 Å². The molecule has 0 N–H and O–H groups in total. The Labute approximate surface area is 142 Å². The molecule has 2 rings (SSSR count). The molecule has 0 aliphatic rings. The van der Waals surface area contributed by atoms with E-state index in [1.807, 2.05) is 4.68 Å². The van der Waals surface area contributed by atoms with E-state index < -0.39 is 8.07 Å². The molecule has 0 aliphatic heterocycles. The summed E-state index contributed by atoms with van der Waals surface area (Å²) in [5, 5.41) is 8.57. The van der Waals surface area contributed by atoms with Gasteiger partial charge < -0.3 is 9.47 Å². The van der Waals surface area contributed by atoms with Crippen LogP contribution in [0.25, 0.3) is 11.0 Å². The fourth-order valence-electron chi connectivity index (χ4n) is 2.06. The van der Waals surface area contributed by atoms with E-state index in [0.29, 0.717) is 11.5 Å². The lowest BCUT2D eigenvalue weighted by molar-refractivity contribution is 0.352. The highest BCUT2D eigenvalue weighted by atomic mass is 79.9. The minimum atomic E-state index is -1.14. The van der Waals surface area contributed by atoms with Crippen molar-refractivity contribution in [2.45, 2.75) is 32.2 Å². The molecule has 0 unspecified atom stereocenters. The standard InChI is InChI=1S/C13H19Br2N3O2Si/c1-19-12-8(14)10-11(9(15)13(12)20-2)18(17-16-10)6-7-21(3,4)5/h6-7H2,1-5H3. The largest absolute Gasteiger partial charge is 0.492 e. The number of nitrogens with zero attached hydrogens (tertiary/aromatic N) is 3. The number of hydrogen-bond donors (Lipinski definition) is 0. The molecule has 21 heavy (non-hydrogen) atoms. The van der Waals surface area contributed by atoms with Crippen LogP contribution in [0.2, 0.25) is 25.7 Å². The summed E-state index contributed by atoms with van der Waals surface area (Å²) in [6.07, 6.45) is 0. The summed E-state index contributed by atoms with van der Waals surface area (Å²) in [7, 11) is 2.09. The number of benzene rings is 1. The summed E-state index contributed by atoms with van der Waals surface area (Å²) in [6.45, 7) is 7.90. The summed E-state index contributed by atoms with van der Waals surface area (Å²) in [4.78, 5) is 0. The molecule has 1 aromatic carbocycles. The van der Waals surface area contributed by atoms with E-state index in [4.69, 9.17) is 9.47 Å². The van der Waals surface area contributed by atoms with Crippen LogP contribution < -0.4 is 9.47 Å². The van der Waals surface area contributed by atoms with Crippen LogP contribution in [0.1, 0.15) is 0 Å². The van der Waals surface area contributed by atoms with Gasteiger partial charge in [-0.05, 0) is 37.9 Å². The molecule has 116 valence electrons. The first-order chi connectivity index (χ1) is 9.80. The van der Waals surface area contributed by atoms with E-state index in [9.17, 15) is 0 Å². The molecule has 0 spiro atoms. The van der Waals surface area contributed by atoms with Crippen molar-refractivity contribution in [2.75, 3.05) is 14.2 Å². The molecular weight excluding hydrogens is 418 g/mol. The monoisotopic (exact) mass is 435 g/mol. The average Bonchev–Trinajstić information content (AvgIpc) is 2.83. The molecule has 0 bridgehead atoms. The fourth-order valence-corrected chi connectivity index (χ4v) is 4.28. The van der Waals surface area contributed by atoms with Gasteiger partial charge >= 0.3 is 0 Å². The predicted octanol–water partition coefficient (Wildman–Crippen LogP) is 4.31. The van der Waals surface area contributed by atoms with Gasteiger partial charge in [-0.25, -0.2) is 4.68 Å². The lowest BCUT2D eigenvalue weighted by atomic mass is 10.2. The van der Waals surface area contributed by atoms with Crippen molar-refractivity contribution in [2.24, 2.45) is 0 Å². The fraction of sp³-hybridized carbons (Fsp3) is 0.538. The second-order valence-corrected chi connectivity index (χ2v) is 13.2. The van der Waals surface area contributed by atoms with Crippen molar-refractivity contribution in [3.8, 4) is 11.5 Å². The number of rotatable bonds is 5. The number of ether oxygens (including phenoxy) is 2. The third-order valence-corrected chi connectivity index (χ3v) is 6.43. The van der Waals surface area contributed by atoms with Crippen molar-refractivity contribution in [1.29, 1.82) is 0 Å². The highest BCUT2D eigenvalue weighted by molar-refractivity contribution is 9.11. The first-order valence-corrected chi connectivity index (χ1v) is 11.9. The molecule has 0 aliphatic carbocycles. The molecule has 1 heterocycles. The molecule has 5 nitrogen and oxygen atoms in total. The van der Waals surface area contributed by atoms with Crippen molar-refractivity contribution in [3.05, 3.63) is 8.95 Å². The lowest BCUT2D eigenvalue weighted by Crippen LogP contribution is -2.22. The number of aromatic nitrogens is 3. The van der Waals surface area contributed by atoms with Gasteiger partial charge in [-0.15, -0.1) is 5.10 Å². The second kappa shape index (κ2) is 6.25. The summed E-state index contributed by atoms with van der Waals surface area (Å²) in [5.74, 6) is 1.27. The zero-order valence-corrected chi connectivity index (χ0v) is 17.0. The normalized spacial score (nSPS) is 12.0. The molecule has 0 amide bonds.